The number of carbonyl (C=O) groups excluding carboxylic acids is 2. The minimum atomic E-state index is -4.77. The predicted molar refractivity (Wildman–Crippen MR) is 118 cm³/mol. The quantitative estimate of drug-likeness (QED) is 0.513. The summed E-state index contributed by atoms with van der Waals surface area (Å²) >= 11 is 0. The van der Waals surface area contributed by atoms with Gasteiger partial charge in [0.15, 0.2) is 17.3 Å². The first kappa shape index (κ1) is 25.0. The fourth-order valence-electron chi connectivity index (χ4n) is 3.79. The lowest BCUT2D eigenvalue weighted by Gasteiger charge is -2.20. The summed E-state index contributed by atoms with van der Waals surface area (Å²) in [7, 11) is 0. The number of amides is 3. The van der Waals surface area contributed by atoms with E-state index in [0.29, 0.717) is 12.3 Å². The maximum Gasteiger partial charge on any atom is 0.408 e. The van der Waals surface area contributed by atoms with Crippen LogP contribution in [0.3, 0.4) is 0 Å². The normalized spacial score (nSPS) is 16.8. The van der Waals surface area contributed by atoms with E-state index in [9.17, 15) is 36.3 Å². The summed E-state index contributed by atoms with van der Waals surface area (Å²) in [6, 6.07) is 0.119. The molecular weight excluding hydrogens is 491 g/mol. The van der Waals surface area contributed by atoms with E-state index in [1.807, 2.05) is 0 Å². The maximum atomic E-state index is 14.7. The van der Waals surface area contributed by atoms with Crippen molar-refractivity contribution in [3.63, 3.8) is 0 Å². The van der Waals surface area contributed by atoms with Crippen LogP contribution in [-0.2, 0) is 0 Å². The Kier molecular flexibility index (Phi) is 6.37. The summed E-state index contributed by atoms with van der Waals surface area (Å²) in [5.74, 6) is -4.03. The lowest BCUT2D eigenvalue weighted by molar-refractivity contribution is -0.153. The van der Waals surface area contributed by atoms with Crippen LogP contribution in [0.4, 0.5) is 32.6 Å². The van der Waals surface area contributed by atoms with E-state index >= 15 is 0 Å². The van der Waals surface area contributed by atoms with Gasteiger partial charge in [-0.2, -0.15) is 13.2 Å². The first-order chi connectivity index (χ1) is 16.9. The highest BCUT2D eigenvalue weighted by molar-refractivity contribution is 5.98. The monoisotopic (exact) mass is 510 g/mol. The predicted octanol–water partition coefficient (Wildman–Crippen LogP) is 3.05. The summed E-state index contributed by atoms with van der Waals surface area (Å²) in [4.78, 5) is 47.3. The highest BCUT2D eigenvalue weighted by atomic mass is 19.4. The van der Waals surface area contributed by atoms with Gasteiger partial charge < -0.3 is 10.6 Å². The van der Waals surface area contributed by atoms with Gasteiger partial charge in [0, 0.05) is 24.8 Å². The van der Waals surface area contributed by atoms with Crippen LogP contribution in [0.2, 0.25) is 0 Å². The number of urea groups is 1. The zero-order valence-electron chi connectivity index (χ0n) is 18.9. The van der Waals surface area contributed by atoms with Gasteiger partial charge in [-0.05, 0) is 25.5 Å². The molecule has 3 aromatic heterocycles. The van der Waals surface area contributed by atoms with Gasteiger partial charge in [0.05, 0.1) is 11.6 Å². The molecule has 2 atom stereocenters. The Bertz CT molecular complexity index is 1420. The summed E-state index contributed by atoms with van der Waals surface area (Å²) in [5, 5.41) is 4.17. The van der Waals surface area contributed by atoms with E-state index in [1.54, 1.807) is 12.2 Å². The third-order valence-corrected chi connectivity index (χ3v) is 5.55. The molecule has 3 amide bonds. The van der Waals surface area contributed by atoms with Gasteiger partial charge in [0.1, 0.15) is 23.2 Å². The Labute approximate surface area is 199 Å². The van der Waals surface area contributed by atoms with E-state index in [4.69, 9.17) is 0 Å². The number of nitrogens with zero attached hydrogens (tertiary/aromatic N) is 4. The molecule has 190 valence electrons. The molecule has 0 aromatic carbocycles. The average molecular weight is 510 g/mol. The molecule has 0 bridgehead atoms. The van der Waals surface area contributed by atoms with Crippen LogP contribution < -0.4 is 21.0 Å². The molecule has 1 aliphatic heterocycles. The van der Waals surface area contributed by atoms with Crippen LogP contribution in [0.5, 0.6) is 0 Å². The summed E-state index contributed by atoms with van der Waals surface area (Å²) in [6.45, 7) is 3.19. The average Bonchev–Trinajstić information content (AvgIpc) is 3.14. The van der Waals surface area contributed by atoms with Crippen molar-refractivity contribution in [2.24, 2.45) is 0 Å². The SMILES string of the molecule is CC[C@H](NC(=O)c1cn(-c2ncc(F)cc2F)c2nc(N3C[C@@H](C)NC3=O)ccc2c1=O)C(F)(F)F. The van der Waals surface area contributed by atoms with Crippen molar-refractivity contribution < 1.29 is 31.5 Å². The molecule has 1 aliphatic rings. The molecular formula is C22H19F5N6O3. The number of hydrogen-bond donors (Lipinski definition) is 2. The zero-order valence-corrected chi connectivity index (χ0v) is 18.9. The number of hydrogen-bond acceptors (Lipinski definition) is 5. The van der Waals surface area contributed by atoms with E-state index in [0.717, 1.165) is 10.8 Å². The second-order valence-corrected chi connectivity index (χ2v) is 8.18. The molecule has 0 aliphatic carbocycles. The number of aromatic nitrogens is 3. The standard InChI is InChI=1S/C22H19F5N6O3/c1-3-15(22(25,26)27)30-20(35)13-9-33(19-14(24)6-11(23)7-28-19)18-12(17(13)34)4-5-16(31-18)32-8-10(2)29-21(32)36/h4-7,9-10,15H,3,8H2,1-2H3,(H,29,36)(H,30,35)/t10-,15+/m1/s1. The summed E-state index contributed by atoms with van der Waals surface area (Å²) in [6.07, 6.45) is -3.80. The number of rotatable bonds is 5. The van der Waals surface area contributed by atoms with Gasteiger partial charge >= 0.3 is 12.2 Å². The largest absolute Gasteiger partial charge is 0.408 e. The van der Waals surface area contributed by atoms with E-state index in [-0.39, 0.29) is 29.4 Å². The molecule has 14 heteroatoms. The number of alkyl halides is 3. The minimum Gasteiger partial charge on any atom is -0.340 e. The van der Waals surface area contributed by atoms with Crippen LogP contribution in [0.25, 0.3) is 16.9 Å². The van der Waals surface area contributed by atoms with Crippen LogP contribution >= 0.6 is 0 Å². The van der Waals surface area contributed by atoms with Gasteiger partial charge in [0.25, 0.3) is 5.91 Å². The molecule has 9 nitrogen and oxygen atoms in total. The Morgan fingerprint density at radius 1 is 1.28 bits per heavy atom. The lowest BCUT2D eigenvalue weighted by atomic mass is 10.1. The molecule has 2 N–H and O–H groups in total. The van der Waals surface area contributed by atoms with Crippen molar-refractivity contribution in [3.8, 4) is 5.82 Å². The Hall–Kier alpha value is -4.10. The van der Waals surface area contributed by atoms with Crippen LogP contribution in [-0.4, -0.2) is 51.3 Å². The third kappa shape index (κ3) is 4.57. The Balaban J connectivity index is 1.92. The highest BCUT2D eigenvalue weighted by Crippen LogP contribution is 2.25. The third-order valence-electron chi connectivity index (χ3n) is 5.55. The number of anilines is 1. The molecule has 0 saturated carbocycles. The number of pyridine rings is 3. The Morgan fingerprint density at radius 3 is 2.58 bits per heavy atom. The molecule has 36 heavy (non-hydrogen) atoms. The summed E-state index contributed by atoms with van der Waals surface area (Å²) < 4.78 is 68.6. The van der Waals surface area contributed by atoms with Gasteiger partial charge in [-0.25, -0.2) is 23.5 Å². The number of nitrogens with one attached hydrogen (secondary N) is 2. The van der Waals surface area contributed by atoms with Crippen molar-refractivity contribution in [1.29, 1.82) is 0 Å². The van der Waals surface area contributed by atoms with Gasteiger partial charge in [0.2, 0.25) is 5.43 Å². The smallest absolute Gasteiger partial charge is 0.340 e. The molecule has 0 unspecified atom stereocenters. The molecule has 3 aromatic rings. The number of halogens is 5. The van der Waals surface area contributed by atoms with Gasteiger partial charge in [-0.3, -0.25) is 19.1 Å². The zero-order chi connectivity index (χ0) is 26.4. The first-order valence-electron chi connectivity index (χ1n) is 10.7. The minimum absolute atomic E-state index is 0.0836. The fourth-order valence-corrected chi connectivity index (χ4v) is 3.79. The topological polar surface area (TPSA) is 109 Å². The van der Waals surface area contributed by atoms with Crippen molar-refractivity contribution >= 4 is 28.8 Å². The van der Waals surface area contributed by atoms with Crippen molar-refractivity contribution in [1.82, 2.24) is 25.2 Å². The lowest BCUT2D eigenvalue weighted by Crippen LogP contribution is -2.46. The molecule has 0 spiro atoms. The maximum absolute atomic E-state index is 14.7. The molecule has 0 radical (unpaired) electrons. The fraction of sp³-hybridized carbons (Fsp3) is 0.318. The van der Waals surface area contributed by atoms with Crippen LogP contribution in [0.15, 0.2) is 35.4 Å². The number of carbonyl (C=O) groups is 2. The molecule has 1 saturated heterocycles. The first-order valence-corrected chi connectivity index (χ1v) is 10.7. The van der Waals surface area contributed by atoms with Crippen molar-refractivity contribution in [3.05, 3.63) is 58.0 Å². The molecule has 4 heterocycles. The van der Waals surface area contributed by atoms with Gasteiger partial charge in [-0.15, -0.1) is 0 Å². The summed E-state index contributed by atoms with van der Waals surface area (Å²) in [5.41, 5.74) is -1.96. The van der Waals surface area contributed by atoms with Crippen molar-refractivity contribution in [2.75, 3.05) is 11.4 Å². The van der Waals surface area contributed by atoms with E-state index < -0.39 is 59.0 Å². The second kappa shape index (κ2) is 9.17. The molecule has 4 rings (SSSR count). The Morgan fingerprint density at radius 2 is 2.00 bits per heavy atom. The number of fused-ring (bicyclic) bond motifs is 1. The highest BCUT2D eigenvalue weighted by Gasteiger charge is 2.40. The van der Waals surface area contributed by atoms with Crippen molar-refractivity contribution in [2.45, 2.75) is 38.5 Å². The van der Waals surface area contributed by atoms with Crippen LogP contribution in [0, 0.1) is 11.6 Å². The molecule has 1 fully saturated rings. The van der Waals surface area contributed by atoms with E-state index in [2.05, 4.69) is 15.3 Å². The van der Waals surface area contributed by atoms with Gasteiger partial charge in [-0.1, -0.05) is 6.92 Å². The van der Waals surface area contributed by atoms with E-state index in [1.165, 1.54) is 24.0 Å². The van der Waals surface area contributed by atoms with Crippen LogP contribution in [0.1, 0.15) is 30.6 Å². The second-order valence-electron chi connectivity index (χ2n) is 8.18.